The van der Waals surface area contributed by atoms with Crippen LogP contribution in [-0.2, 0) is 4.79 Å². The molecule has 0 fully saturated rings. The molecule has 2 heteroatoms. The molecule has 0 bridgehead atoms. The summed E-state index contributed by atoms with van der Waals surface area (Å²) >= 11 is 0. The van der Waals surface area contributed by atoms with Gasteiger partial charge in [-0.15, -0.1) is 0 Å². The molecule has 1 aromatic rings. The van der Waals surface area contributed by atoms with E-state index in [9.17, 15) is 4.79 Å². The van der Waals surface area contributed by atoms with E-state index in [1.807, 2.05) is 18.2 Å². The number of para-hydroxylation sites is 1. The molecule has 0 spiro atoms. The maximum Gasteiger partial charge on any atom is 0.343 e. The Hall–Kier alpha value is -1.57. The summed E-state index contributed by atoms with van der Waals surface area (Å²) in [5.41, 5.74) is 1.25. The van der Waals surface area contributed by atoms with Gasteiger partial charge in [-0.1, -0.05) is 24.8 Å². The van der Waals surface area contributed by atoms with Crippen LogP contribution in [0.15, 0.2) is 30.8 Å². The van der Waals surface area contributed by atoms with Gasteiger partial charge >= 0.3 is 5.97 Å². The average Bonchev–Trinajstić information content (AvgIpc) is 2.30. The number of hydrogen-bond donors (Lipinski definition) is 0. The topological polar surface area (TPSA) is 26.3 Å². The molecule has 54 valence electrons. The van der Waals surface area contributed by atoms with Crippen molar-refractivity contribution in [1.29, 1.82) is 0 Å². The van der Waals surface area contributed by atoms with Gasteiger partial charge in [0.15, 0.2) is 0 Å². The van der Waals surface area contributed by atoms with Crippen molar-refractivity contribution in [1.82, 2.24) is 0 Å². The zero-order chi connectivity index (χ0) is 7.84. The molecule has 1 aromatic carbocycles. The molecule has 0 saturated carbocycles. The number of carbonyl (C=O) groups is 1. The van der Waals surface area contributed by atoms with Crippen molar-refractivity contribution in [2.24, 2.45) is 0 Å². The van der Waals surface area contributed by atoms with Crippen LogP contribution in [-0.4, -0.2) is 5.97 Å². The minimum Gasteiger partial charge on any atom is -0.422 e. The largest absolute Gasteiger partial charge is 0.422 e. The van der Waals surface area contributed by atoms with Gasteiger partial charge in [0.2, 0.25) is 0 Å². The number of benzene rings is 1. The number of esters is 1. The first kappa shape index (κ1) is 6.16. The molecule has 0 aromatic heterocycles. The Labute approximate surface area is 64.1 Å². The quantitative estimate of drug-likeness (QED) is 0.316. The van der Waals surface area contributed by atoms with Gasteiger partial charge < -0.3 is 4.74 Å². The molecule has 1 aliphatic rings. The molecule has 0 unspecified atom stereocenters. The summed E-state index contributed by atoms with van der Waals surface area (Å²) < 4.78 is 4.88. The third-order valence-corrected chi connectivity index (χ3v) is 1.66. The van der Waals surface area contributed by atoms with Crippen LogP contribution in [0, 0.1) is 0 Å². The van der Waals surface area contributed by atoms with E-state index < -0.39 is 0 Å². The summed E-state index contributed by atoms with van der Waals surface area (Å²) in [5, 5.41) is 0. The van der Waals surface area contributed by atoms with E-state index >= 15 is 0 Å². The maximum absolute atomic E-state index is 10.9. The van der Waals surface area contributed by atoms with E-state index in [-0.39, 0.29) is 5.97 Å². The van der Waals surface area contributed by atoms with Crippen LogP contribution >= 0.6 is 0 Å². The molecule has 1 aliphatic heterocycles. The Balaban J connectivity index is 2.64. The molecule has 0 saturated heterocycles. The predicted octanol–water partition coefficient (Wildman–Crippen LogP) is 1.62. The lowest BCUT2D eigenvalue weighted by atomic mass is 10.1. The fraction of sp³-hybridized carbons (Fsp3) is 0. The van der Waals surface area contributed by atoms with Crippen molar-refractivity contribution in [3.05, 3.63) is 36.4 Å². The van der Waals surface area contributed by atoms with Gasteiger partial charge in [0, 0.05) is 5.56 Å². The first-order valence-corrected chi connectivity index (χ1v) is 3.29. The first-order valence-electron chi connectivity index (χ1n) is 3.29. The number of rotatable bonds is 0. The molecule has 2 rings (SSSR count). The summed E-state index contributed by atoms with van der Waals surface area (Å²) in [7, 11) is 0. The van der Waals surface area contributed by atoms with Gasteiger partial charge in [0.05, 0.1) is 5.57 Å². The summed E-state index contributed by atoms with van der Waals surface area (Å²) in [6.45, 7) is 3.60. The second-order valence-corrected chi connectivity index (χ2v) is 2.36. The van der Waals surface area contributed by atoms with E-state index in [2.05, 4.69) is 6.58 Å². The van der Waals surface area contributed by atoms with Crippen LogP contribution in [0.3, 0.4) is 0 Å². The SMILES string of the molecule is C=C1C(=O)Oc2ccccc21. The summed E-state index contributed by atoms with van der Waals surface area (Å²) in [6.07, 6.45) is 0. The smallest absolute Gasteiger partial charge is 0.343 e. The highest BCUT2D eigenvalue weighted by molar-refractivity contribution is 6.20. The van der Waals surface area contributed by atoms with Crippen LogP contribution in [0.1, 0.15) is 5.56 Å². The molecule has 0 radical (unpaired) electrons. The number of hydrogen-bond acceptors (Lipinski definition) is 2. The Bertz CT molecular complexity index is 339. The van der Waals surface area contributed by atoms with Gasteiger partial charge in [-0.05, 0) is 6.07 Å². The lowest BCUT2D eigenvalue weighted by Gasteiger charge is -1.91. The van der Waals surface area contributed by atoms with Crippen molar-refractivity contribution >= 4 is 11.5 Å². The van der Waals surface area contributed by atoms with Crippen LogP contribution in [0.4, 0.5) is 0 Å². The second kappa shape index (κ2) is 1.95. The molecule has 0 aliphatic carbocycles. The molecule has 0 N–H and O–H groups in total. The average molecular weight is 146 g/mol. The van der Waals surface area contributed by atoms with Crippen LogP contribution in [0.2, 0.25) is 0 Å². The zero-order valence-electron chi connectivity index (χ0n) is 5.83. The van der Waals surface area contributed by atoms with Crippen molar-refractivity contribution in [3.8, 4) is 5.75 Å². The fourth-order valence-corrected chi connectivity index (χ4v) is 1.08. The molecule has 1 heterocycles. The van der Waals surface area contributed by atoms with Gasteiger partial charge in [0.1, 0.15) is 5.75 Å². The lowest BCUT2D eigenvalue weighted by molar-refractivity contribution is -0.126. The summed E-state index contributed by atoms with van der Waals surface area (Å²) in [6, 6.07) is 7.25. The number of ether oxygens (including phenoxy) is 1. The molecule has 0 atom stereocenters. The standard InChI is InChI=1S/C9H6O2/c1-6-7-4-2-3-5-8(7)11-9(6)10/h2-5H,1H2. The van der Waals surface area contributed by atoms with Crippen LogP contribution in [0.5, 0.6) is 5.75 Å². The Morgan fingerprint density at radius 1 is 1.27 bits per heavy atom. The number of fused-ring (bicyclic) bond motifs is 1. The third kappa shape index (κ3) is 0.759. The number of carbonyl (C=O) groups excluding carboxylic acids is 1. The van der Waals surface area contributed by atoms with Crippen molar-refractivity contribution in [2.45, 2.75) is 0 Å². The molecule has 2 nitrogen and oxygen atoms in total. The van der Waals surface area contributed by atoms with Crippen molar-refractivity contribution in [2.75, 3.05) is 0 Å². The van der Waals surface area contributed by atoms with Gasteiger partial charge in [-0.25, -0.2) is 4.79 Å². The summed E-state index contributed by atoms with van der Waals surface area (Å²) in [5.74, 6) is 0.272. The zero-order valence-corrected chi connectivity index (χ0v) is 5.83. The Kier molecular flexibility index (Phi) is 1.09. The molecule has 11 heavy (non-hydrogen) atoms. The van der Waals surface area contributed by atoms with E-state index in [0.29, 0.717) is 11.3 Å². The van der Waals surface area contributed by atoms with E-state index in [1.165, 1.54) is 0 Å². The monoisotopic (exact) mass is 146 g/mol. The maximum atomic E-state index is 10.9. The third-order valence-electron chi connectivity index (χ3n) is 1.66. The van der Waals surface area contributed by atoms with E-state index in [4.69, 9.17) is 4.74 Å². The van der Waals surface area contributed by atoms with Crippen molar-refractivity contribution in [3.63, 3.8) is 0 Å². The Morgan fingerprint density at radius 2 is 2.00 bits per heavy atom. The summed E-state index contributed by atoms with van der Waals surface area (Å²) in [4.78, 5) is 10.9. The highest BCUT2D eigenvalue weighted by Crippen LogP contribution is 2.31. The van der Waals surface area contributed by atoms with E-state index in [0.717, 1.165) is 5.56 Å². The normalized spacial score (nSPS) is 14.5. The first-order chi connectivity index (χ1) is 5.29. The van der Waals surface area contributed by atoms with Gasteiger partial charge in [0.25, 0.3) is 0 Å². The molecular formula is C9H6O2. The van der Waals surface area contributed by atoms with Gasteiger partial charge in [-0.3, -0.25) is 0 Å². The van der Waals surface area contributed by atoms with Crippen molar-refractivity contribution < 1.29 is 9.53 Å². The fourth-order valence-electron chi connectivity index (χ4n) is 1.08. The molecular weight excluding hydrogens is 140 g/mol. The van der Waals surface area contributed by atoms with Gasteiger partial charge in [-0.2, -0.15) is 0 Å². The molecule has 0 amide bonds. The Morgan fingerprint density at radius 3 is 2.73 bits per heavy atom. The minimum atomic E-state index is -0.341. The predicted molar refractivity (Wildman–Crippen MR) is 41.1 cm³/mol. The minimum absolute atomic E-state index is 0.341. The van der Waals surface area contributed by atoms with Crippen LogP contribution < -0.4 is 4.74 Å². The lowest BCUT2D eigenvalue weighted by Crippen LogP contribution is -1.98. The second-order valence-electron chi connectivity index (χ2n) is 2.36. The highest BCUT2D eigenvalue weighted by atomic mass is 16.5. The van der Waals surface area contributed by atoms with Crippen LogP contribution in [0.25, 0.3) is 5.57 Å². The highest BCUT2D eigenvalue weighted by Gasteiger charge is 2.23. The van der Waals surface area contributed by atoms with E-state index in [1.54, 1.807) is 6.07 Å².